The number of thioether (sulfide) groups is 1. The Bertz CT molecular complexity index is 433. The molecule has 3 nitrogen and oxygen atoms in total. The van der Waals surface area contributed by atoms with Crippen molar-refractivity contribution in [2.75, 3.05) is 22.6 Å². The Hall–Kier alpha value is -1.16. The fourth-order valence-electron chi connectivity index (χ4n) is 2.34. The topological polar surface area (TPSA) is 46.3 Å². The van der Waals surface area contributed by atoms with Crippen LogP contribution in [0.25, 0.3) is 0 Å². The number of nitrogens with zero attached hydrogens (tertiary/aromatic N) is 1. The van der Waals surface area contributed by atoms with Gasteiger partial charge in [-0.25, -0.2) is 0 Å². The van der Waals surface area contributed by atoms with E-state index in [2.05, 4.69) is 6.92 Å². The molecule has 1 atom stereocenters. The van der Waals surface area contributed by atoms with E-state index >= 15 is 0 Å². The number of amides is 1. The lowest BCUT2D eigenvalue weighted by molar-refractivity contribution is -0.118. The van der Waals surface area contributed by atoms with Crippen LogP contribution in [0.5, 0.6) is 0 Å². The van der Waals surface area contributed by atoms with Crippen molar-refractivity contribution in [3.05, 3.63) is 23.8 Å². The molecule has 2 rings (SSSR count). The first kappa shape index (κ1) is 12.3. The van der Waals surface area contributed by atoms with Gasteiger partial charge in [0.25, 0.3) is 0 Å². The molecule has 1 aliphatic heterocycles. The monoisotopic (exact) mass is 250 g/mol. The van der Waals surface area contributed by atoms with Gasteiger partial charge in [-0.3, -0.25) is 4.79 Å². The van der Waals surface area contributed by atoms with Gasteiger partial charge in [0, 0.05) is 29.6 Å². The predicted molar refractivity (Wildman–Crippen MR) is 74.5 cm³/mol. The van der Waals surface area contributed by atoms with Crippen molar-refractivity contribution < 1.29 is 4.79 Å². The summed E-state index contributed by atoms with van der Waals surface area (Å²) in [6.07, 6.45) is 3.54. The van der Waals surface area contributed by atoms with Crippen LogP contribution >= 0.6 is 11.8 Å². The second-order valence-electron chi connectivity index (χ2n) is 4.45. The van der Waals surface area contributed by atoms with Crippen molar-refractivity contribution >= 4 is 29.0 Å². The quantitative estimate of drug-likeness (QED) is 0.837. The SMILES string of the molecule is CSCCC(=O)N1c2ccc(N)cc2CC1C. The third-order valence-corrected chi connectivity index (χ3v) is 3.72. The number of carbonyl (C=O) groups excluding carboxylic acids is 1. The third kappa shape index (κ3) is 2.41. The summed E-state index contributed by atoms with van der Waals surface area (Å²) in [5.74, 6) is 1.10. The molecule has 0 aromatic heterocycles. The van der Waals surface area contributed by atoms with E-state index in [0.717, 1.165) is 23.5 Å². The molecule has 1 aliphatic rings. The summed E-state index contributed by atoms with van der Waals surface area (Å²) in [6.45, 7) is 2.09. The zero-order valence-corrected chi connectivity index (χ0v) is 11.1. The highest BCUT2D eigenvalue weighted by Gasteiger charge is 2.30. The third-order valence-electron chi connectivity index (χ3n) is 3.11. The number of rotatable bonds is 3. The van der Waals surface area contributed by atoms with Gasteiger partial charge in [0.2, 0.25) is 5.91 Å². The van der Waals surface area contributed by atoms with E-state index in [-0.39, 0.29) is 11.9 Å². The number of benzene rings is 1. The average molecular weight is 250 g/mol. The van der Waals surface area contributed by atoms with Gasteiger partial charge in [0.15, 0.2) is 0 Å². The van der Waals surface area contributed by atoms with E-state index in [4.69, 9.17) is 5.73 Å². The minimum atomic E-state index is 0.218. The summed E-state index contributed by atoms with van der Waals surface area (Å²) in [5.41, 5.74) is 8.77. The Morgan fingerprint density at radius 2 is 2.35 bits per heavy atom. The first-order valence-electron chi connectivity index (χ1n) is 5.83. The summed E-state index contributed by atoms with van der Waals surface area (Å²) < 4.78 is 0. The molecule has 2 N–H and O–H groups in total. The first-order chi connectivity index (χ1) is 8.13. The number of nitrogens with two attached hydrogens (primary N) is 1. The first-order valence-corrected chi connectivity index (χ1v) is 7.22. The summed E-state index contributed by atoms with van der Waals surface area (Å²) in [4.78, 5) is 14.1. The number of hydrogen-bond acceptors (Lipinski definition) is 3. The molecule has 0 saturated carbocycles. The van der Waals surface area contributed by atoms with Crippen molar-refractivity contribution in [2.24, 2.45) is 0 Å². The second kappa shape index (κ2) is 5.00. The highest BCUT2D eigenvalue weighted by Crippen LogP contribution is 2.33. The summed E-state index contributed by atoms with van der Waals surface area (Å²) >= 11 is 1.71. The zero-order valence-electron chi connectivity index (χ0n) is 10.3. The molecule has 0 saturated heterocycles. The second-order valence-corrected chi connectivity index (χ2v) is 5.43. The smallest absolute Gasteiger partial charge is 0.228 e. The highest BCUT2D eigenvalue weighted by molar-refractivity contribution is 7.98. The lowest BCUT2D eigenvalue weighted by Gasteiger charge is -2.22. The Kier molecular flexibility index (Phi) is 3.62. The van der Waals surface area contributed by atoms with Crippen molar-refractivity contribution in [1.29, 1.82) is 0 Å². The van der Waals surface area contributed by atoms with Crippen LogP contribution in [0, 0.1) is 0 Å². The fourth-order valence-corrected chi connectivity index (χ4v) is 2.72. The number of carbonyl (C=O) groups is 1. The molecule has 1 heterocycles. The Balaban J connectivity index is 2.22. The predicted octanol–water partition coefficient (Wildman–Crippen LogP) is 2.30. The molecule has 1 amide bonds. The van der Waals surface area contributed by atoms with E-state index in [1.807, 2.05) is 29.4 Å². The average Bonchev–Trinajstić information content (AvgIpc) is 2.61. The normalized spacial score (nSPS) is 18.2. The van der Waals surface area contributed by atoms with Gasteiger partial charge < -0.3 is 10.6 Å². The van der Waals surface area contributed by atoms with Crippen molar-refractivity contribution in [3.8, 4) is 0 Å². The van der Waals surface area contributed by atoms with Crippen LogP contribution < -0.4 is 10.6 Å². The molecule has 17 heavy (non-hydrogen) atoms. The fraction of sp³-hybridized carbons (Fsp3) is 0.462. The molecule has 0 radical (unpaired) electrons. The molecule has 1 unspecified atom stereocenters. The van der Waals surface area contributed by atoms with Gasteiger partial charge in [0.1, 0.15) is 0 Å². The molecule has 0 aliphatic carbocycles. The summed E-state index contributed by atoms with van der Waals surface area (Å²) in [7, 11) is 0. The number of nitrogen functional groups attached to an aromatic ring is 1. The van der Waals surface area contributed by atoms with E-state index in [9.17, 15) is 4.79 Å². The molecule has 92 valence electrons. The van der Waals surface area contributed by atoms with Gasteiger partial charge in [-0.15, -0.1) is 0 Å². The van der Waals surface area contributed by atoms with Crippen LogP contribution in [0.1, 0.15) is 18.9 Å². The molecule has 0 bridgehead atoms. The maximum atomic E-state index is 12.1. The zero-order chi connectivity index (χ0) is 12.4. The lowest BCUT2D eigenvalue weighted by Crippen LogP contribution is -2.35. The summed E-state index contributed by atoms with van der Waals surface area (Å²) in [6, 6.07) is 6.06. The standard InChI is InChI=1S/C13H18N2OS/c1-9-7-10-8-11(14)3-4-12(10)15(9)13(16)5-6-17-2/h3-4,8-9H,5-7,14H2,1-2H3. The van der Waals surface area contributed by atoms with Gasteiger partial charge in [0.05, 0.1) is 0 Å². The maximum absolute atomic E-state index is 12.1. The van der Waals surface area contributed by atoms with Crippen molar-refractivity contribution in [2.45, 2.75) is 25.8 Å². The van der Waals surface area contributed by atoms with Gasteiger partial charge in [-0.05, 0) is 43.4 Å². The van der Waals surface area contributed by atoms with Crippen LogP contribution in [-0.4, -0.2) is 24.0 Å². The van der Waals surface area contributed by atoms with E-state index in [1.54, 1.807) is 11.8 Å². The molecule has 4 heteroatoms. The largest absolute Gasteiger partial charge is 0.399 e. The molecule has 0 spiro atoms. The number of hydrogen-bond donors (Lipinski definition) is 1. The number of fused-ring (bicyclic) bond motifs is 1. The van der Waals surface area contributed by atoms with Crippen LogP contribution in [0.4, 0.5) is 11.4 Å². The summed E-state index contributed by atoms with van der Waals surface area (Å²) in [5, 5.41) is 0. The molecular formula is C13H18N2OS. The molecule has 1 aromatic rings. The number of anilines is 2. The minimum Gasteiger partial charge on any atom is -0.399 e. The maximum Gasteiger partial charge on any atom is 0.228 e. The van der Waals surface area contributed by atoms with E-state index in [0.29, 0.717) is 6.42 Å². The Morgan fingerprint density at radius 1 is 1.59 bits per heavy atom. The molecule has 1 aromatic carbocycles. The Morgan fingerprint density at radius 3 is 3.06 bits per heavy atom. The van der Waals surface area contributed by atoms with Gasteiger partial charge in [-0.2, -0.15) is 11.8 Å². The van der Waals surface area contributed by atoms with E-state index < -0.39 is 0 Å². The highest BCUT2D eigenvalue weighted by atomic mass is 32.2. The molecular weight excluding hydrogens is 232 g/mol. The van der Waals surface area contributed by atoms with Crippen LogP contribution in [0.15, 0.2) is 18.2 Å². The molecule has 0 fully saturated rings. The van der Waals surface area contributed by atoms with Crippen LogP contribution in [0.2, 0.25) is 0 Å². The Labute approximate surface area is 106 Å². The van der Waals surface area contributed by atoms with Gasteiger partial charge >= 0.3 is 0 Å². The minimum absolute atomic E-state index is 0.218. The van der Waals surface area contributed by atoms with Crippen LogP contribution in [0.3, 0.4) is 0 Å². The van der Waals surface area contributed by atoms with E-state index in [1.165, 1.54) is 5.56 Å². The van der Waals surface area contributed by atoms with Crippen molar-refractivity contribution in [1.82, 2.24) is 0 Å². The van der Waals surface area contributed by atoms with Crippen molar-refractivity contribution in [3.63, 3.8) is 0 Å². The van der Waals surface area contributed by atoms with Gasteiger partial charge in [-0.1, -0.05) is 0 Å². The van der Waals surface area contributed by atoms with Crippen LogP contribution in [-0.2, 0) is 11.2 Å². The lowest BCUT2D eigenvalue weighted by atomic mass is 10.1.